The third-order valence-corrected chi connectivity index (χ3v) is 3.61. The molecule has 0 atom stereocenters. The lowest BCUT2D eigenvalue weighted by molar-refractivity contribution is -0.0254. The van der Waals surface area contributed by atoms with Crippen LogP contribution < -0.4 is 0 Å². The van der Waals surface area contributed by atoms with E-state index in [4.69, 9.17) is 53.3 Å². The van der Waals surface area contributed by atoms with Crippen molar-refractivity contribution in [2.75, 3.05) is 132 Å². The molecule has 0 aromatic rings. The standard InChI is InChI=1S/C20H41N3O10/c21-23-22-1-3-25-5-7-27-9-11-29-13-15-31-17-19-33-20-18-32-16-14-30-12-10-28-8-6-26-4-2-24/h24H,1-20H2. The maximum Gasteiger partial charge on any atom is 0.0701 e. The highest BCUT2D eigenvalue weighted by atomic mass is 16.6. The molecule has 0 saturated carbocycles. The zero-order chi connectivity index (χ0) is 23.9. The van der Waals surface area contributed by atoms with Gasteiger partial charge in [-0.3, -0.25) is 0 Å². The summed E-state index contributed by atoms with van der Waals surface area (Å²) in [6.45, 7) is 8.99. The van der Waals surface area contributed by atoms with Gasteiger partial charge in [-0.2, -0.15) is 0 Å². The SMILES string of the molecule is [N-]=[N+]=NCCOCCOCCOCCOCCOCCOCCOCCOCCOCCO. The Bertz CT molecular complexity index is 418. The normalized spacial score (nSPS) is 11.1. The molecule has 0 aliphatic heterocycles. The number of aliphatic hydroxyl groups is 1. The lowest BCUT2D eigenvalue weighted by atomic mass is 10.6. The number of rotatable bonds is 29. The van der Waals surface area contributed by atoms with E-state index in [9.17, 15) is 0 Å². The maximum absolute atomic E-state index is 8.54. The Balaban J connectivity index is 3.01. The van der Waals surface area contributed by atoms with Crippen molar-refractivity contribution >= 4 is 0 Å². The van der Waals surface area contributed by atoms with E-state index in [-0.39, 0.29) is 6.61 Å². The van der Waals surface area contributed by atoms with E-state index in [1.54, 1.807) is 0 Å². The molecule has 0 bridgehead atoms. The lowest BCUT2D eigenvalue weighted by Gasteiger charge is -2.08. The molecule has 33 heavy (non-hydrogen) atoms. The molecule has 13 heteroatoms. The van der Waals surface area contributed by atoms with E-state index in [0.717, 1.165) is 0 Å². The van der Waals surface area contributed by atoms with Crippen molar-refractivity contribution in [3.63, 3.8) is 0 Å². The Kier molecular flexibility index (Phi) is 29.9. The van der Waals surface area contributed by atoms with E-state index in [0.29, 0.717) is 125 Å². The summed E-state index contributed by atoms with van der Waals surface area (Å²) in [7, 11) is 0. The predicted octanol–water partition coefficient (Wildman–Crippen LogP) is 0.438. The average molecular weight is 484 g/mol. The number of hydrogen-bond acceptors (Lipinski definition) is 11. The van der Waals surface area contributed by atoms with E-state index < -0.39 is 0 Å². The molecule has 0 aromatic heterocycles. The monoisotopic (exact) mass is 483 g/mol. The van der Waals surface area contributed by atoms with Gasteiger partial charge in [-0.15, -0.1) is 0 Å². The van der Waals surface area contributed by atoms with Crippen LogP contribution >= 0.6 is 0 Å². The van der Waals surface area contributed by atoms with Crippen LogP contribution in [0.5, 0.6) is 0 Å². The van der Waals surface area contributed by atoms with E-state index in [2.05, 4.69) is 10.0 Å². The number of azide groups is 1. The average Bonchev–Trinajstić information content (AvgIpc) is 2.83. The Hall–Kier alpha value is -1.09. The molecular weight excluding hydrogens is 442 g/mol. The topological polar surface area (TPSA) is 152 Å². The van der Waals surface area contributed by atoms with Gasteiger partial charge >= 0.3 is 0 Å². The largest absolute Gasteiger partial charge is 0.394 e. The highest BCUT2D eigenvalue weighted by Crippen LogP contribution is 1.86. The molecule has 0 fully saturated rings. The van der Waals surface area contributed by atoms with Crippen molar-refractivity contribution in [2.45, 2.75) is 0 Å². The predicted molar refractivity (Wildman–Crippen MR) is 118 cm³/mol. The number of aliphatic hydroxyl groups excluding tert-OH is 1. The van der Waals surface area contributed by atoms with Gasteiger partial charge < -0.3 is 47.7 Å². The summed E-state index contributed by atoms with van der Waals surface area (Å²) in [5.74, 6) is 0. The molecule has 0 aromatic carbocycles. The summed E-state index contributed by atoms with van der Waals surface area (Å²) in [5.41, 5.74) is 8.10. The third kappa shape index (κ3) is 30.9. The smallest absolute Gasteiger partial charge is 0.0701 e. The Labute approximate surface area is 196 Å². The molecule has 196 valence electrons. The molecule has 0 rings (SSSR count). The van der Waals surface area contributed by atoms with Gasteiger partial charge in [0.1, 0.15) is 0 Å². The molecule has 0 aliphatic carbocycles. The van der Waals surface area contributed by atoms with Crippen LogP contribution in [0.15, 0.2) is 5.11 Å². The zero-order valence-electron chi connectivity index (χ0n) is 19.6. The summed E-state index contributed by atoms with van der Waals surface area (Å²) < 4.78 is 47.9. The zero-order valence-corrected chi connectivity index (χ0v) is 19.6. The number of nitrogens with zero attached hydrogens (tertiary/aromatic N) is 3. The van der Waals surface area contributed by atoms with Crippen LogP contribution in [-0.2, 0) is 42.6 Å². The van der Waals surface area contributed by atoms with E-state index in [1.165, 1.54) is 0 Å². The van der Waals surface area contributed by atoms with Crippen molar-refractivity contribution in [1.29, 1.82) is 0 Å². The van der Waals surface area contributed by atoms with Crippen LogP contribution in [0, 0.1) is 0 Å². The Morgan fingerprint density at radius 3 is 0.909 bits per heavy atom. The molecule has 0 radical (unpaired) electrons. The van der Waals surface area contributed by atoms with Gasteiger partial charge in [-0.25, -0.2) is 0 Å². The summed E-state index contributed by atoms with van der Waals surface area (Å²) in [5, 5.41) is 11.9. The molecule has 0 heterocycles. The van der Waals surface area contributed by atoms with E-state index >= 15 is 0 Å². The fourth-order valence-electron chi connectivity index (χ4n) is 2.08. The van der Waals surface area contributed by atoms with Gasteiger partial charge in [0.05, 0.1) is 126 Å². The van der Waals surface area contributed by atoms with Gasteiger partial charge in [0.15, 0.2) is 0 Å². The second-order valence-electron chi connectivity index (χ2n) is 6.19. The first-order valence-electron chi connectivity index (χ1n) is 11.2. The summed E-state index contributed by atoms with van der Waals surface area (Å²) in [6, 6.07) is 0. The minimum Gasteiger partial charge on any atom is -0.394 e. The van der Waals surface area contributed by atoms with Crippen LogP contribution in [0.3, 0.4) is 0 Å². The van der Waals surface area contributed by atoms with Crippen LogP contribution in [0.1, 0.15) is 0 Å². The fraction of sp³-hybridized carbons (Fsp3) is 1.00. The number of hydrogen-bond donors (Lipinski definition) is 1. The second kappa shape index (κ2) is 30.9. The van der Waals surface area contributed by atoms with Gasteiger partial charge in [0, 0.05) is 11.5 Å². The molecule has 1 N–H and O–H groups in total. The Morgan fingerprint density at radius 2 is 0.667 bits per heavy atom. The van der Waals surface area contributed by atoms with Gasteiger partial charge in [0.2, 0.25) is 0 Å². The first-order valence-corrected chi connectivity index (χ1v) is 11.2. The lowest BCUT2D eigenvalue weighted by Crippen LogP contribution is -2.15. The highest BCUT2D eigenvalue weighted by molar-refractivity contribution is 4.44. The minimum atomic E-state index is 0.0252. The van der Waals surface area contributed by atoms with Crippen LogP contribution in [0.2, 0.25) is 0 Å². The molecule has 0 spiro atoms. The fourth-order valence-corrected chi connectivity index (χ4v) is 2.08. The minimum absolute atomic E-state index is 0.0252. The highest BCUT2D eigenvalue weighted by Gasteiger charge is 1.95. The van der Waals surface area contributed by atoms with Crippen molar-refractivity contribution in [1.82, 2.24) is 0 Å². The van der Waals surface area contributed by atoms with Crippen LogP contribution in [-0.4, -0.2) is 137 Å². The first kappa shape index (κ1) is 31.9. The molecule has 0 unspecified atom stereocenters. The van der Waals surface area contributed by atoms with Crippen LogP contribution in [0.4, 0.5) is 0 Å². The Morgan fingerprint density at radius 1 is 0.424 bits per heavy atom. The van der Waals surface area contributed by atoms with Gasteiger partial charge in [-0.1, -0.05) is 5.11 Å². The summed E-state index contributed by atoms with van der Waals surface area (Å²) in [6.07, 6.45) is 0. The van der Waals surface area contributed by atoms with Crippen molar-refractivity contribution in [2.24, 2.45) is 5.11 Å². The van der Waals surface area contributed by atoms with Crippen molar-refractivity contribution in [3.8, 4) is 0 Å². The summed E-state index contributed by atoms with van der Waals surface area (Å²) >= 11 is 0. The van der Waals surface area contributed by atoms with Gasteiger partial charge in [0.25, 0.3) is 0 Å². The maximum atomic E-state index is 8.54. The molecule has 0 aliphatic rings. The molecule has 13 nitrogen and oxygen atoms in total. The molecular formula is C20H41N3O10. The quantitative estimate of drug-likeness (QED) is 0.0686. The van der Waals surface area contributed by atoms with E-state index in [1.807, 2.05) is 0 Å². The van der Waals surface area contributed by atoms with Gasteiger partial charge in [-0.05, 0) is 5.53 Å². The molecule has 0 amide bonds. The van der Waals surface area contributed by atoms with Crippen molar-refractivity contribution < 1.29 is 47.7 Å². The van der Waals surface area contributed by atoms with Crippen molar-refractivity contribution in [3.05, 3.63) is 10.4 Å². The first-order chi connectivity index (χ1) is 16.4. The van der Waals surface area contributed by atoms with Crippen LogP contribution in [0.25, 0.3) is 10.4 Å². The second-order valence-corrected chi connectivity index (χ2v) is 6.19. The number of ether oxygens (including phenoxy) is 9. The molecule has 0 saturated heterocycles. The third-order valence-electron chi connectivity index (χ3n) is 3.61. The summed E-state index contributed by atoms with van der Waals surface area (Å²) in [4.78, 5) is 2.63.